The van der Waals surface area contributed by atoms with Gasteiger partial charge in [-0.1, -0.05) is 69.2 Å². The Kier molecular flexibility index (Phi) is 11.4. The first-order chi connectivity index (χ1) is 14.5. The molecule has 3 atom stereocenters. The Bertz CT molecular complexity index is 754. The molecule has 0 saturated carbocycles. The topological polar surface area (TPSA) is 61.4 Å². The van der Waals surface area contributed by atoms with Gasteiger partial charge in [-0.15, -0.1) is 0 Å². The van der Waals surface area contributed by atoms with Gasteiger partial charge in [-0.2, -0.15) is 0 Å². The van der Waals surface area contributed by atoms with Gasteiger partial charge in [0.25, 0.3) is 0 Å². The molecule has 2 aromatic rings. The number of hydrogen-bond acceptors (Lipinski definition) is 3. The van der Waals surface area contributed by atoms with Gasteiger partial charge < -0.3 is 15.7 Å². The van der Waals surface area contributed by atoms with Crippen molar-refractivity contribution in [1.82, 2.24) is 10.6 Å². The second-order valence-corrected chi connectivity index (χ2v) is 9.13. The standard InChI is InChI=1S/C25H35IN2O2/c1-3-5-13-21(4-2)25(30)28-23(16-19-10-7-6-8-11-19)24(29)18-27-17-20-12-9-14-22(26)15-20/h6-12,14-15,21,23-24,27,29H,3-5,13,16-18H2,1-2H3,(H,28,30)/t21?,23-,24+/m0/s1. The number of carbonyl (C=O) groups is 1. The minimum absolute atomic E-state index is 0.00905. The Morgan fingerprint density at radius 1 is 1.07 bits per heavy atom. The summed E-state index contributed by atoms with van der Waals surface area (Å²) in [6.45, 7) is 5.32. The molecule has 0 radical (unpaired) electrons. The molecule has 0 aliphatic rings. The van der Waals surface area contributed by atoms with Crippen LogP contribution in [0.4, 0.5) is 0 Å². The number of aliphatic hydroxyl groups is 1. The van der Waals surface area contributed by atoms with Crippen LogP contribution in [0.1, 0.15) is 50.7 Å². The predicted octanol–water partition coefficient (Wildman–Crippen LogP) is 4.69. The van der Waals surface area contributed by atoms with Crippen LogP contribution in [-0.4, -0.2) is 29.7 Å². The molecule has 30 heavy (non-hydrogen) atoms. The summed E-state index contributed by atoms with van der Waals surface area (Å²) in [5, 5.41) is 17.4. The quantitative estimate of drug-likeness (QED) is 0.335. The van der Waals surface area contributed by atoms with Gasteiger partial charge >= 0.3 is 0 Å². The van der Waals surface area contributed by atoms with Crippen LogP contribution in [0, 0.1) is 9.49 Å². The maximum atomic E-state index is 12.9. The van der Waals surface area contributed by atoms with Crippen molar-refractivity contribution in [3.05, 3.63) is 69.3 Å². The fourth-order valence-electron chi connectivity index (χ4n) is 3.58. The minimum Gasteiger partial charge on any atom is -0.390 e. The fraction of sp³-hybridized carbons (Fsp3) is 0.480. The molecule has 2 aromatic carbocycles. The first-order valence-electron chi connectivity index (χ1n) is 11.0. The highest BCUT2D eigenvalue weighted by atomic mass is 127. The molecule has 164 valence electrons. The molecule has 2 rings (SSSR count). The van der Waals surface area contributed by atoms with Gasteiger partial charge in [-0.05, 0) is 65.1 Å². The molecule has 0 aromatic heterocycles. The second-order valence-electron chi connectivity index (χ2n) is 7.88. The van der Waals surface area contributed by atoms with Crippen LogP contribution in [-0.2, 0) is 17.8 Å². The van der Waals surface area contributed by atoms with Crippen molar-refractivity contribution in [3.63, 3.8) is 0 Å². The van der Waals surface area contributed by atoms with E-state index in [0.29, 0.717) is 19.5 Å². The van der Waals surface area contributed by atoms with Gasteiger partial charge in [0.2, 0.25) is 5.91 Å². The molecule has 5 heteroatoms. The van der Waals surface area contributed by atoms with Crippen LogP contribution < -0.4 is 10.6 Å². The predicted molar refractivity (Wildman–Crippen MR) is 132 cm³/mol. The SMILES string of the molecule is CCCCC(CC)C(=O)N[C@@H](Cc1ccccc1)[C@H](O)CNCc1cccc(I)c1. The van der Waals surface area contributed by atoms with Crippen LogP contribution in [0.3, 0.4) is 0 Å². The van der Waals surface area contributed by atoms with Crippen molar-refractivity contribution >= 4 is 28.5 Å². The highest BCUT2D eigenvalue weighted by Crippen LogP contribution is 2.15. The summed E-state index contributed by atoms with van der Waals surface area (Å²) in [6.07, 6.45) is 3.81. The van der Waals surface area contributed by atoms with Crippen LogP contribution in [0.15, 0.2) is 54.6 Å². The summed E-state index contributed by atoms with van der Waals surface area (Å²) in [4.78, 5) is 12.9. The van der Waals surface area contributed by atoms with Gasteiger partial charge in [0.15, 0.2) is 0 Å². The van der Waals surface area contributed by atoms with Crippen molar-refractivity contribution in [2.75, 3.05) is 6.54 Å². The van der Waals surface area contributed by atoms with Gasteiger partial charge in [0, 0.05) is 22.6 Å². The van der Waals surface area contributed by atoms with Crippen molar-refractivity contribution in [2.45, 2.75) is 64.6 Å². The molecule has 1 amide bonds. The van der Waals surface area contributed by atoms with E-state index in [-0.39, 0.29) is 17.9 Å². The second kappa shape index (κ2) is 13.8. The smallest absolute Gasteiger partial charge is 0.223 e. The number of hydrogen-bond donors (Lipinski definition) is 3. The van der Waals surface area contributed by atoms with Gasteiger partial charge in [0.1, 0.15) is 0 Å². The van der Waals surface area contributed by atoms with Gasteiger partial charge in [-0.25, -0.2) is 0 Å². The molecule has 0 fully saturated rings. The van der Waals surface area contributed by atoms with Crippen molar-refractivity contribution in [1.29, 1.82) is 0 Å². The highest BCUT2D eigenvalue weighted by molar-refractivity contribution is 14.1. The Morgan fingerprint density at radius 2 is 1.80 bits per heavy atom. The van der Waals surface area contributed by atoms with Crippen LogP contribution in [0.25, 0.3) is 0 Å². The van der Waals surface area contributed by atoms with Gasteiger partial charge in [0.05, 0.1) is 12.1 Å². The van der Waals surface area contributed by atoms with E-state index in [1.807, 2.05) is 36.4 Å². The third-order valence-electron chi connectivity index (χ3n) is 5.43. The Hall–Kier alpha value is -1.44. The Morgan fingerprint density at radius 3 is 2.47 bits per heavy atom. The lowest BCUT2D eigenvalue weighted by molar-refractivity contribution is -0.127. The average molecular weight is 522 g/mol. The first-order valence-corrected chi connectivity index (χ1v) is 12.1. The van der Waals surface area contributed by atoms with E-state index in [2.05, 4.69) is 65.3 Å². The summed E-state index contributed by atoms with van der Waals surface area (Å²) >= 11 is 2.30. The van der Waals surface area contributed by atoms with E-state index in [1.54, 1.807) is 0 Å². The number of carbonyl (C=O) groups excluding carboxylic acids is 1. The number of rotatable bonds is 13. The normalized spacial score (nSPS) is 14.1. The number of unbranched alkanes of at least 4 members (excludes halogenated alkanes) is 1. The maximum absolute atomic E-state index is 12.9. The monoisotopic (exact) mass is 522 g/mol. The van der Waals surface area contributed by atoms with Gasteiger partial charge in [-0.3, -0.25) is 4.79 Å². The van der Waals surface area contributed by atoms with Crippen LogP contribution in [0.5, 0.6) is 0 Å². The lowest BCUT2D eigenvalue weighted by Crippen LogP contribution is -2.50. The molecule has 3 N–H and O–H groups in total. The van der Waals surface area contributed by atoms with Crippen LogP contribution >= 0.6 is 22.6 Å². The van der Waals surface area contributed by atoms with Crippen molar-refractivity contribution in [2.24, 2.45) is 5.92 Å². The van der Waals surface area contributed by atoms with E-state index in [4.69, 9.17) is 0 Å². The number of benzene rings is 2. The molecule has 0 bridgehead atoms. The minimum atomic E-state index is -0.666. The number of aliphatic hydroxyl groups excluding tert-OH is 1. The summed E-state index contributed by atoms with van der Waals surface area (Å²) < 4.78 is 1.19. The zero-order valence-corrected chi connectivity index (χ0v) is 20.3. The fourth-order valence-corrected chi connectivity index (χ4v) is 4.18. The van der Waals surface area contributed by atoms with E-state index in [9.17, 15) is 9.90 Å². The Labute approximate surface area is 195 Å². The molecule has 0 saturated heterocycles. The summed E-state index contributed by atoms with van der Waals surface area (Å²) in [5.74, 6) is 0.0679. The van der Waals surface area contributed by atoms with E-state index in [1.165, 1.54) is 9.13 Å². The zero-order valence-electron chi connectivity index (χ0n) is 18.1. The molecule has 0 aliphatic heterocycles. The number of halogens is 1. The molecule has 1 unspecified atom stereocenters. The van der Waals surface area contributed by atoms with E-state index < -0.39 is 6.10 Å². The maximum Gasteiger partial charge on any atom is 0.223 e. The molecule has 0 aliphatic carbocycles. The van der Waals surface area contributed by atoms with E-state index >= 15 is 0 Å². The molecular weight excluding hydrogens is 487 g/mol. The highest BCUT2D eigenvalue weighted by Gasteiger charge is 2.25. The Balaban J connectivity index is 1.99. The van der Waals surface area contributed by atoms with Crippen molar-refractivity contribution in [3.8, 4) is 0 Å². The summed E-state index contributed by atoms with van der Waals surface area (Å²) in [5.41, 5.74) is 2.30. The summed E-state index contributed by atoms with van der Waals surface area (Å²) in [6, 6.07) is 18.0. The zero-order chi connectivity index (χ0) is 21.8. The van der Waals surface area contributed by atoms with E-state index in [0.717, 1.165) is 31.2 Å². The molecule has 4 nitrogen and oxygen atoms in total. The average Bonchev–Trinajstić information content (AvgIpc) is 2.74. The lowest BCUT2D eigenvalue weighted by Gasteiger charge is -2.27. The largest absolute Gasteiger partial charge is 0.390 e. The molecule has 0 heterocycles. The third-order valence-corrected chi connectivity index (χ3v) is 6.10. The third kappa shape index (κ3) is 8.74. The molecular formula is C25H35IN2O2. The van der Waals surface area contributed by atoms with Crippen molar-refractivity contribution < 1.29 is 9.90 Å². The lowest BCUT2D eigenvalue weighted by atomic mass is 9.96. The van der Waals surface area contributed by atoms with Crippen LogP contribution in [0.2, 0.25) is 0 Å². The summed E-state index contributed by atoms with van der Waals surface area (Å²) in [7, 11) is 0. The molecule has 0 spiro atoms. The number of nitrogens with one attached hydrogen (secondary N) is 2. The number of amides is 1. The first kappa shape index (κ1) is 24.8.